The van der Waals surface area contributed by atoms with Crippen LogP contribution in [0.1, 0.15) is 18.4 Å². The lowest BCUT2D eigenvalue weighted by Crippen LogP contribution is -2.37. The predicted molar refractivity (Wildman–Crippen MR) is 62.2 cm³/mol. The minimum atomic E-state index is -2.85. The van der Waals surface area contributed by atoms with Gasteiger partial charge in [0.2, 0.25) is 0 Å². The lowest BCUT2D eigenvalue weighted by Gasteiger charge is -2.34. The molecular formula is C13H17F2NO. The average molecular weight is 241 g/mol. The van der Waals surface area contributed by atoms with E-state index < -0.39 is 11.8 Å². The van der Waals surface area contributed by atoms with E-state index in [0.717, 1.165) is 6.07 Å². The van der Waals surface area contributed by atoms with Gasteiger partial charge in [0.15, 0.2) is 0 Å². The van der Waals surface area contributed by atoms with Crippen LogP contribution in [0.4, 0.5) is 8.78 Å². The van der Waals surface area contributed by atoms with Gasteiger partial charge < -0.3 is 10.0 Å². The minimum absolute atomic E-state index is 0.0768. The van der Waals surface area contributed by atoms with Gasteiger partial charge in [0.1, 0.15) is 5.75 Å². The summed E-state index contributed by atoms with van der Waals surface area (Å²) in [5.74, 6) is -3.57. The largest absolute Gasteiger partial charge is 0.508 e. The molecule has 0 amide bonds. The van der Waals surface area contributed by atoms with E-state index in [1.165, 1.54) is 18.2 Å². The molecule has 1 aliphatic rings. The molecule has 2 rings (SSSR count). The summed E-state index contributed by atoms with van der Waals surface area (Å²) in [4.78, 5) is 2.06. The van der Waals surface area contributed by atoms with Crippen molar-refractivity contribution < 1.29 is 13.9 Å². The van der Waals surface area contributed by atoms with Crippen LogP contribution in [-0.2, 0) is 5.92 Å². The molecule has 1 aliphatic heterocycles. The summed E-state index contributed by atoms with van der Waals surface area (Å²) in [6.07, 6.45) is 0.998. The third-order valence-electron chi connectivity index (χ3n) is 3.46. The molecule has 0 spiro atoms. The summed E-state index contributed by atoms with van der Waals surface area (Å²) in [5.41, 5.74) is -0.0768. The highest BCUT2D eigenvalue weighted by molar-refractivity contribution is 5.30. The number of benzene rings is 1. The highest BCUT2D eigenvalue weighted by Crippen LogP contribution is 2.41. The predicted octanol–water partition coefficient (Wildman–Crippen LogP) is 2.83. The second-order valence-corrected chi connectivity index (χ2v) is 4.75. The van der Waals surface area contributed by atoms with E-state index in [1.807, 2.05) is 7.05 Å². The number of halogens is 2. The summed E-state index contributed by atoms with van der Waals surface area (Å²) in [7, 11) is 1.95. The van der Waals surface area contributed by atoms with Crippen LogP contribution in [0.2, 0.25) is 0 Å². The van der Waals surface area contributed by atoms with Gasteiger partial charge in [0.05, 0.1) is 0 Å². The fourth-order valence-corrected chi connectivity index (χ4v) is 2.32. The minimum Gasteiger partial charge on any atom is -0.508 e. The maximum absolute atomic E-state index is 14.2. The number of phenolic OH excluding ortho intramolecular Hbond substituents is 1. The van der Waals surface area contributed by atoms with Crippen LogP contribution in [0.3, 0.4) is 0 Å². The number of rotatable bonds is 2. The van der Waals surface area contributed by atoms with Crippen molar-refractivity contribution in [3.8, 4) is 5.75 Å². The molecule has 0 radical (unpaired) electrons. The quantitative estimate of drug-likeness (QED) is 0.860. The van der Waals surface area contributed by atoms with Gasteiger partial charge in [-0.1, -0.05) is 12.1 Å². The summed E-state index contributed by atoms with van der Waals surface area (Å²) in [5, 5.41) is 9.28. The highest BCUT2D eigenvalue weighted by Gasteiger charge is 2.42. The second kappa shape index (κ2) is 4.61. The number of likely N-dealkylation sites (tertiary alicyclic amines) is 1. The Kier molecular flexibility index (Phi) is 3.33. The van der Waals surface area contributed by atoms with E-state index in [9.17, 15) is 13.9 Å². The standard InChI is InChI=1S/C13H17F2NO/c1-16-7-5-10(6-8-16)13(14,15)11-3-2-4-12(17)9-11/h2-4,9-10,17H,5-8H2,1H3. The van der Waals surface area contributed by atoms with E-state index >= 15 is 0 Å². The van der Waals surface area contributed by atoms with Crippen LogP contribution in [-0.4, -0.2) is 30.1 Å². The third-order valence-corrected chi connectivity index (χ3v) is 3.46. The van der Waals surface area contributed by atoms with Gasteiger partial charge in [0, 0.05) is 11.5 Å². The molecule has 4 heteroatoms. The zero-order valence-electron chi connectivity index (χ0n) is 9.87. The Bertz CT molecular complexity index is 387. The van der Waals surface area contributed by atoms with Crippen molar-refractivity contribution in [2.45, 2.75) is 18.8 Å². The molecule has 1 aromatic rings. The number of nitrogens with zero attached hydrogens (tertiary/aromatic N) is 1. The van der Waals surface area contributed by atoms with E-state index in [-0.39, 0.29) is 11.3 Å². The summed E-state index contributed by atoms with van der Waals surface area (Å²) < 4.78 is 28.4. The second-order valence-electron chi connectivity index (χ2n) is 4.75. The molecule has 0 atom stereocenters. The van der Waals surface area contributed by atoms with E-state index in [2.05, 4.69) is 4.90 Å². The van der Waals surface area contributed by atoms with Crippen LogP contribution in [0, 0.1) is 5.92 Å². The smallest absolute Gasteiger partial charge is 0.276 e. The van der Waals surface area contributed by atoms with Crippen molar-refractivity contribution in [3.05, 3.63) is 29.8 Å². The van der Waals surface area contributed by atoms with Crippen molar-refractivity contribution in [2.24, 2.45) is 5.92 Å². The Labute approximate surface area is 99.9 Å². The van der Waals surface area contributed by atoms with E-state index in [4.69, 9.17) is 0 Å². The maximum Gasteiger partial charge on any atom is 0.276 e. The average Bonchev–Trinajstić information content (AvgIpc) is 2.29. The van der Waals surface area contributed by atoms with Gasteiger partial charge in [-0.2, -0.15) is 0 Å². The highest BCUT2D eigenvalue weighted by atomic mass is 19.3. The Morgan fingerprint density at radius 1 is 1.29 bits per heavy atom. The number of piperidine rings is 1. The van der Waals surface area contributed by atoms with E-state index in [0.29, 0.717) is 25.9 Å². The van der Waals surface area contributed by atoms with Crippen molar-refractivity contribution in [1.29, 1.82) is 0 Å². The molecule has 0 unspecified atom stereocenters. The van der Waals surface area contributed by atoms with Gasteiger partial charge in [-0.25, -0.2) is 8.78 Å². The molecule has 94 valence electrons. The molecule has 1 fully saturated rings. The molecule has 0 aromatic heterocycles. The number of alkyl halides is 2. The fraction of sp³-hybridized carbons (Fsp3) is 0.538. The monoisotopic (exact) mass is 241 g/mol. The summed E-state index contributed by atoms with van der Waals surface area (Å²) in [6, 6.07) is 5.43. The summed E-state index contributed by atoms with van der Waals surface area (Å²) in [6.45, 7) is 1.41. The number of aromatic hydroxyl groups is 1. The fourth-order valence-electron chi connectivity index (χ4n) is 2.32. The van der Waals surface area contributed by atoms with Crippen molar-refractivity contribution in [2.75, 3.05) is 20.1 Å². The first-order valence-electron chi connectivity index (χ1n) is 5.86. The van der Waals surface area contributed by atoms with Gasteiger partial charge in [-0.05, 0) is 45.1 Å². The van der Waals surface area contributed by atoms with E-state index in [1.54, 1.807) is 0 Å². The van der Waals surface area contributed by atoms with Crippen LogP contribution in [0.5, 0.6) is 5.75 Å². The summed E-state index contributed by atoms with van der Waals surface area (Å²) >= 11 is 0. The first kappa shape index (κ1) is 12.3. The lowest BCUT2D eigenvalue weighted by atomic mass is 9.86. The number of phenols is 1. The van der Waals surface area contributed by atoms with Gasteiger partial charge in [-0.3, -0.25) is 0 Å². The lowest BCUT2D eigenvalue weighted by molar-refractivity contribution is -0.0838. The number of hydrogen-bond donors (Lipinski definition) is 1. The van der Waals surface area contributed by atoms with Crippen LogP contribution >= 0.6 is 0 Å². The number of hydrogen-bond acceptors (Lipinski definition) is 2. The normalized spacial score (nSPS) is 19.5. The molecule has 2 nitrogen and oxygen atoms in total. The Morgan fingerprint density at radius 3 is 2.53 bits per heavy atom. The zero-order valence-corrected chi connectivity index (χ0v) is 9.87. The molecule has 0 saturated carbocycles. The van der Waals surface area contributed by atoms with Crippen molar-refractivity contribution in [1.82, 2.24) is 4.90 Å². The van der Waals surface area contributed by atoms with Gasteiger partial charge in [0.25, 0.3) is 5.92 Å². The molecule has 0 aliphatic carbocycles. The van der Waals surface area contributed by atoms with Crippen LogP contribution < -0.4 is 0 Å². The Hall–Kier alpha value is -1.16. The van der Waals surface area contributed by atoms with Crippen LogP contribution in [0.25, 0.3) is 0 Å². The van der Waals surface area contributed by atoms with Crippen LogP contribution in [0.15, 0.2) is 24.3 Å². The molecule has 1 heterocycles. The first-order valence-corrected chi connectivity index (χ1v) is 5.86. The van der Waals surface area contributed by atoms with Crippen molar-refractivity contribution in [3.63, 3.8) is 0 Å². The molecule has 17 heavy (non-hydrogen) atoms. The SMILES string of the molecule is CN1CCC(C(F)(F)c2cccc(O)c2)CC1. The molecule has 1 saturated heterocycles. The molecule has 1 N–H and O–H groups in total. The van der Waals surface area contributed by atoms with Gasteiger partial charge in [-0.15, -0.1) is 0 Å². The van der Waals surface area contributed by atoms with Crippen molar-refractivity contribution >= 4 is 0 Å². The first-order chi connectivity index (χ1) is 8.00. The molecule has 0 bridgehead atoms. The molecule has 1 aromatic carbocycles. The van der Waals surface area contributed by atoms with Gasteiger partial charge >= 0.3 is 0 Å². The molecular weight excluding hydrogens is 224 g/mol. The third kappa shape index (κ3) is 2.57. The zero-order chi connectivity index (χ0) is 12.5. The topological polar surface area (TPSA) is 23.5 Å². The Morgan fingerprint density at radius 2 is 1.94 bits per heavy atom. The Balaban J connectivity index is 2.18. The maximum atomic E-state index is 14.2.